The summed E-state index contributed by atoms with van der Waals surface area (Å²) < 4.78 is 5.21. The number of benzene rings is 1. The molecule has 2 heterocycles. The Balaban J connectivity index is 1.51. The van der Waals surface area contributed by atoms with Crippen LogP contribution in [0.2, 0.25) is 5.02 Å². The Morgan fingerprint density at radius 1 is 1.38 bits per heavy atom. The summed E-state index contributed by atoms with van der Waals surface area (Å²) in [6, 6.07) is 9.40. The summed E-state index contributed by atoms with van der Waals surface area (Å²) >= 11 is 5.86. The normalized spacial score (nSPS) is 20.5. The lowest BCUT2D eigenvalue weighted by molar-refractivity contribution is -0.130. The Bertz CT molecular complexity index is 699. The van der Waals surface area contributed by atoms with Crippen LogP contribution in [0.3, 0.4) is 0 Å². The summed E-state index contributed by atoms with van der Waals surface area (Å²) in [5.41, 5.74) is 1.91. The summed E-state index contributed by atoms with van der Waals surface area (Å²) in [5.74, 6) is 0.823. The molecule has 2 aromatic rings. The van der Waals surface area contributed by atoms with Gasteiger partial charge < -0.3 is 14.5 Å². The molecule has 128 valence electrons. The third-order valence-electron chi connectivity index (χ3n) is 4.44. The van der Waals surface area contributed by atoms with Crippen molar-refractivity contribution in [3.05, 3.63) is 52.4 Å². The lowest BCUT2D eigenvalue weighted by atomic mass is 10.0. The summed E-state index contributed by atoms with van der Waals surface area (Å²) in [5, 5.41) is 14.8. The van der Waals surface area contributed by atoms with Crippen LogP contribution in [0, 0.1) is 12.8 Å². The number of rotatable bonds is 5. The average molecular weight is 349 g/mol. The molecule has 24 heavy (non-hydrogen) atoms. The molecule has 0 aliphatic carbocycles. The fourth-order valence-electron chi connectivity index (χ4n) is 3.09. The van der Waals surface area contributed by atoms with Crippen LogP contribution in [-0.2, 0) is 17.6 Å². The zero-order chi connectivity index (χ0) is 17.1. The fraction of sp³-hybridized carbons (Fsp3) is 0.444. The van der Waals surface area contributed by atoms with Gasteiger partial charge in [0.2, 0.25) is 5.91 Å². The summed E-state index contributed by atoms with van der Waals surface area (Å²) in [4.78, 5) is 14.1. The highest BCUT2D eigenvalue weighted by atomic mass is 35.5. The van der Waals surface area contributed by atoms with E-state index >= 15 is 0 Å². The van der Waals surface area contributed by atoms with E-state index in [0.717, 1.165) is 17.0 Å². The van der Waals surface area contributed by atoms with Gasteiger partial charge >= 0.3 is 0 Å². The molecule has 1 aromatic heterocycles. The SMILES string of the molecule is Cc1cc(C[C@@H]2CN(C(=O)CCc3ccc(Cl)cc3)C[C@@H]2O)on1. The molecule has 1 fully saturated rings. The molecule has 1 amide bonds. The highest BCUT2D eigenvalue weighted by Crippen LogP contribution is 2.23. The second-order valence-corrected chi connectivity index (χ2v) is 6.83. The van der Waals surface area contributed by atoms with Crippen LogP contribution in [0.1, 0.15) is 23.4 Å². The highest BCUT2D eigenvalue weighted by Gasteiger charge is 2.34. The van der Waals surface area contributed by atoms with Crippen LogP contribution in [-0.4, -0.2) is 40.3 Å². The molecular formula is C18H21ClN2O3. The molecule has 0 radical (unpaired) electrons. The minimum atomic E-state index is -0.519. The average Bonchev–Trinajstić information content (AvgIpc) is 3.13. The minimum absolute atomic E-state index is 0.00293. The van der Waals surface area contributed by atoms with Crippen LogP contribution in [0.15, 0.2) is 34.9 Å². The van der Waals surface area contributed by atoms with Crippen molar-refractivity contribution in [2.24, 2.45) is 5.92 Å². The molecule has 6 heteroatoms. The number of likely N-dealkylation sites (tertiary alicyclic amines) is 1. The number of aryl methyl sites for hydroxylation is 2. The van der Waals surface area contributed by atoms with Crippen molar-refractivity contribution < 1.29 is 14.4 Å². The smallest absolute Gasteiger partial charge is 0.223 e. The zero-order valence-electron chi connectivity index (χ0n) is 13.6. The van der Waals surface area contributed by atoms with E-state index in [9.17, 15) is 9.90 Å². The Labute approximate surface area is 146 Å². The zero-order valence-corrected chi connectivity index (χ0v) is 14.4. The van der Waals surface area contributed by atoms with E-state index in [1.807, 2.05) is 37.3 Å². The van der Waals surface area contributed by atoms with Gasteiger partial charge in [-0.2, -0.15) is 0 Å². The van der Waals surface area contributed by atoms with Gasteiger partial charge in [0.1, 0.15) is 5.76 Å². The standard InChI is InChI=1S/C18H21ClN2O3/c1-12-8-16(24-20-12)9-14-10-21(11-17(14)22)18(23)7-4-13-2-5-15(19)6-3-13/h2-3,5-6,8,14,17,22H,4,7,9-11H2,1H3/t14-,17+/m1/s1. The Hall–Kier alpha value is -1.85. The first-order valence-corrected chi connectivity index (χ1v) is 8.51. The minimum Gasteiger partial charge on any atom is -0.391 e. The molecule has 1 saturated heterocycles. The summed E-state index contributed by atoms with van der Waals surface area (Å²) in [6.45, 7) is 2.81. The number of hydrogen-bond acceptors (Lipinski definition) is 4. The van der Waals surface area contributed by atoms with Crippen LogP contribution in [0.25, 0.3) is 0 Å². The second-order valence-electron chi connectivity index (χ2n) is 6.39. The van der Waals surface area contributed by atoms with Crippen molar-refractivity contribution >= 4 is 17.5 Å². The van der Waals surface area contributed by atoms with Gasteiger partial charge in [-0.1, -0.05) is 28.9 Å². The lowest BCUT2D eigenvalue weighted by Gasteiger charge is -2.16. The largest absolute Gasteiger partial charge is 0.391 e. The number of carbonyl (C=O) groups excluding carboxylic acids is 1. The molecule has 1 aliphatic rings. The number of aromatic nitrogens is 1. The number of nitrogens with zero attached hydrogens (tertiary/aromatic N) is 2. The van der Waals surface area contributed by atoms with E-state index in [4.69, 9.17) is 16.1 Å². The first-order chi connectivity index (χ1) is 11.5. The highest BCUT2D eigenvalue weighted by molar-refractivity contribution is 6.30. The Morgan fingerprint density at radius 3 is 2.79 bits per heavy atom. The topological polar surface area (TPSA) is 66.6 Å². The van der Waals surface area contributed by atoms with Gasteiger partial charge in [0.15, 0.2) is 0 Å². The molecule has 0 bridgehead atoms. The number of hydrogen-bond donors (Lipinski definition) is 1. The fourth-order valence-corrected chi connectivity index (χ4v) is 3.22. The molecule has 0 saturated carbocycles. The van der Waals surface area contributed by atoms with Gasteiger partial charge in [-0.25, -0.2) is 0 Å². The lowest BCUT2D eigenvalue weighted by Crippen LogP contribution is -2.29. The van der Waals surface area contributed by atoms with Gasteiger partial charge in [-0.3, -0.25) is 4.79 Å². The van der Waals surface area contributed by atoms with E-state index in [-0.39, 0.29) is 11.8 Å². The molecule has 1 N–H and O–H groups in total. The summed E-state index contributed by atoms with van der Waals surface area (Å²) in [7, 11) is 0. The molecule has 5 nitrogen and oxygen atoms in total. The van der Waals surface area contributed by atoms with Gasteiger partial charge in [-0.15, -0.1) is 0 Å². The predicted octanol–water partition coefficient (Wildman–Crippen LogP) is 2.63. The maximum atomic E-state index is 12.4. The van der Waals surface area contributed by atoms with Crippen molar-refractivity contribution in [2.45, 2.75) is 32.3 Å². The van der Waals surface area contributed by atoms with Crippen LogP contribution < -0.4 is 0 Å². The third kappa shape index (κ3) is 4.16. The molecule has 3 rings (SSSR count). The van der Waals surface area contributed by atoms with Crippen molar-refractivity contribution in [2.75, 3.05) is 13.1 Å². The van der Waals surface area contributed by atoms with Gasteiger partial charge in [0, 0.05) is 42.9 Å². The Morgan fingerprint density at radius 2 is 2.12 bits per heavy atom. The number of carbonyl (C=O) groups is 1. The second kappa shape index (κ2) is 7.36. The maximum Gasteiger partial charge on any atom is 0.223 e. The molecule has 1 aliphatic heterocycles. The van der Waals surface area contributed by atoms with E-state index < -0.39 is 6.10 Å². The molecule has 2 atom stereocenters. The first-order valence-electron chi connectivity index (χ1n) is 8.14. The Kier molecular flexibility index (Phi) is 5.21. The molecule has 0 unspecified atom stereocenters. The maximum absolute atomic E-state index is 12.4. The van der Waals surface area contributed by atoms with Gasteiger partial charge in [0.25, 0.3) is 0 Å². The monoisotopic (exact) mass is 348 g/mol. The van der Waals surface area contributed by atoms with Crippen LogP contribution in [0.4, 0.5) is 0 Å². The quantitative estimate of drug-likeness (QED) is 0.902. The number of aliphatic hydroxyl groups is 1. The van der Waals surface area contributed by atoms with E-state index in [0.29, 0.717) is 37.4 Å². The van der Waals surface area contributed by atoms with Crippen molar-refractivity contribution in [3.8, 4) is 0 Å². The van der Waals surface area contributed by atoms with Gasteiger partial charge in [0.05, 0.1) is 11.8 Å². The van der Waals surface area contributed by atoms with E-state index in [2.05, 4.69) is 5.16 Å². The number of β-amino-alcohol motifs (C(OH)–C–C–N with tert-alkyl or cyclic N) is 1. The number of aliphatic hydroxyl groups excluding tert-OH is 1. The number of amides is 1. The van der Waals surface area contributed by atoms with Gasteiger partial charge in [-0.05, 0) is 31.0 Å². The summed E-state index contributed by atoms with van der Waals surface area (Å²) in [6.07, 6.45) is 1.19. The first kappa shape index (κ1) is 17.0. The number of halogens is 1. The van der Waals surface area contributed by atoms with Crippen LogP contribution in [0.5, 0.6) is 0 Å². The predicted molar refractivity (Wildman–Crippen MR) is 90.8 cm³/mol. The molecule has 0 spiro atoms. The van der Waals surface area contributed by atoms with Crippen LogP contribution >= 0.6 is 11.6 Å². The molecule has 1 aromatic carbocycles. The molecular weight excluding hydrogens is 328 g/mol. The van der Waals surface area contributed by atoms with Crippen molar-refractivity contribution in [3.63, 3.8) is 0 Å². The van der Waals surface area contributed by atoms with Crippen molar-refractivity contribution in [1.82, 2.24) is 10.1 Å². The van der Waals surface area contributed by atoms with Crippen molar-refractivity contribution in [1.29, 1.82) is 0 Å². The third-order valence-corrected chi connectivity index (χ3v) is 4.69. The van der Waals surface area contributed by atoms with E-state index in [1.54, 1.807) is 4.90 Å². The van der Waals surface area contributed by atoms with E-state index in [1.165, 1.54) is 0 Å².